The molecular formula is C18H29N3O3. The molecule has 2 rings (SSSR count). The molecule has 1 aliphatic rings. The number of rotatable bonds is 7. The molecule has 1 N–H and O–H groups in total. The number of aryl methyl sites for hydroxylation is 2. The van der Waals surface area contributed by atoms with Crippen LogP contribution in [0.25, 0.3) is 0 Å². The average molecular weight is 335 g/mol. The van der Waals surface area contributed by atoms with Gasteiger partial charge in [0.2, 0.25) is 5.91 Å². The summed E-state index contributed by atoms with van der Waals surface area (Å²) in [5.74, 6) is -0.677. The summed E-state index contributed by atoms with van der Waals surface area (Å²) in [4.78, 5) is 25.7. The van der Waals surface area contributed by atoms with Crippen molar-refractivity contribution in [2.45, 2.75) is 71.3 Å². The number of nitrogens with zero attached hydrogens (tertiary/aromatic N) is 3. The van der Waals surface area contributed by atoms with Crippen molar-refractivity contribution in [3.8, 4) is 0 Å². The first-order valence-corrected chi connectivity index (χ1v) is 9.02. The molecule has 1 amide bonds. The zero-order chi connectivity index (χ0) is 17.7. The minimum absolute atomic E-state index is 0.0641. The van der Waals surface area contributed by atoms with Gasteiger partial charge in [-0.3, -0.25) is 14.3 Å². The van der Waals surface area contributed by atoms with Gasteiger partial charge in [0.25, 0.3) is 0 Å². The van der Waals surface area contributed by atoms with Crippen molar-refractivity contribution in [1.29, 1.82) is 0 Å². The Morgan fingerprint density at radius 1 is 1.25 bits per heavy atom. The molecular weight excluding hydrogens is 306 g/mol. The molecule has 1 saturated heterocycles. The predicted octanol–water partition coefficient (Wildman–Crippen LogP) is 2.33. The molecule has 6 heteroatoms. The second-order valence-electron chi connectivity index (χ2n) is 6.55. The Labute approximate surface area is 143 Å². The van der Waals surface area contributed by atoms with E-state index in [-0.39, 0.29) is 18.4 Å². The summed E-state index contributed by atoms with van der Waals surface area (Å²) in [5.41, 5.74) is 3.19. The molecule has 6 nitrogen and oxygen atoms in total. The van der Waals surface area contributed by atoms with E-state index in [0.29, 0.717) is 12.8 Å². The molecule has 1 unspecified atom stereocenters. The average Bonchev–Trinajstić information content (AvgIpc) is 2.87. The number of carbonyl (C=O) groups excluding carboxylic acids is 1. The van der Waals surface area contributed by atoms with Crippen molar-refractivity contribution in [3.63, 3.8) is 0 Å². The molecule has 134 valence electrons. The Kier molecular flexibility index (Phi) is 6.40. The summed E-state index contributed by atoms with van der Waals surface area (Å²) in [5, 5.41) is 13.5. The summed E-state index contributed by atoms with van der Waals surface area (Å²) in [6, 6.07) is 0.0641. The fourth-order valence-electron chi connectivity index (χ4n) is 3.77. The number of aliphatic carboxylic acids is 1. The van der Waals surface area contributed by atoms with E-state index < -0.39 is 5.97 Å². The van der Waals surface area contributed by atoms with Crippen molar-refractivity contribution in [3.05, 3.63) is 17.0 Å². The van der Waals surface area contributed by atoms with E-state index in [1.54, 1.807) is 0 Å². The third kappa shape index (κ3) is 4.16. The quantitative estimate of drug-likeness (QED) is 0.830. The minimum atomic E-state index is -0.790. The van der Waals surface area contributed by atoms with Gasteiger partial charge in [0, 0.05) is 37.3 Å². The molecule has 0 radical (unpaired) electrons. The Bertz CT molecular complexity index is 595. The number of amides is 1. The summed E-state index contributed by atoms with van der Waals surface area (Å²) in [6.45, 7) is 4.89. The van der Waals surface area contributed by atoms with Crippen LogP contribution in [0.1, 0.15) is 62.9 Å². The lowest BCUT2D eigenvalue weighted by molar-refractivity contribution is -0.139. The fourth-order valence-corrected chi connectivity index (χ4v) is 3.77. The van der Waals surface area contributed by atoms with Crippen LogP contribution in [-0.2, 0) is 35.9 Å². The second-order valence-corrected chi connectivity index (χ2v) is 6.55. The largest absolute Gasteiger partial charge is 0.481 e. The molecule has 1 atom stereocenters. The standard InChI is InChI=1S/C18H29N3O3/c1-4-15-14(16(5-2)20(3)19-15)12-17(22)21-11-7-6-8-13(21)9-10-18(23)24/h13H,4-12H2,1-3H3,(H,23,24). The van der Waals surface area contributed by atoms with Gasteiger partial charge in [-0.2, -0.15) is 5.10 Å². The number of carbonyl (C=O) groups is 2. The summed E-state index contributed by atoms with van der Waals surface area (Å²) < 4.78 is 1.89. The SMILES string of the molecule is CCc1nn(C)c(CC)c1CC(=O)N1CCCCC1CCC(=O)O. The Morgan fingerprint density at radius 2 is 2.00 bits per heavy atom. The van der Waals surface area contributed by atoms with Crippen molar-refractivity contribution >= 4 is 11.9 Å². The van der Waals surface area contributed by atoms with E-state index in [2.05, 4.69) is 18.9 Å². The number of hydrogen-bond donors (Lipinski definition) is 1. The third-order valence-electron chi connectivity index (χ3n) is 4.99. The third-order valence-corrected chi connectivity index (χ3v) is 4.99. The van der Waals surface area contributed by atoms with Crippen molar-refractivity contribution in [1.82, 2.24) is 14.7 Å². The van der Waals surface area contributed by atoms with Crippen LogP contribution in [0, 0.1) is 0 Å². The highest BCUT2D eigenvalue weighted by molar-refractivity contribution is 5.80. The van der Waals surface area contributed by atoms with E-state index in [9.17, 15) is 9.59 Å². The number of carboxylic acid groups (broad SMARTS) is 1. The first-order valence-electron chi connectivity index (χ1n) is 9.02. The molecule has 0 aromatic carbocycles. The van der Waals surface area contributed by atoms with Crippen LogP contribution in [0.3, 0.4) is 0 Å². The molecule has 0 spiro atoms. The van der Waals surface area contributed by atoms with E-state index in [1.807, 2.05) is 16.6 Å². The van der Waals surface area contributed by atoms with Crippen LogP contribution in [0.5, 0.6) is 0 Å². The van der Waals surface area contributed by atoms with Gasteiger partial charge in [0.1, 0.15) is 0 Å². The fraction of sp³-hybridized carbons (Fsp3) is 0.722. The highest BCUT2D eigenvalue weighted by Gasteiger charge is 2.28. The summed E-state index contributed by atoms with van der Waals surface area (Å²) in [6.07, 6.45) is 5.71. The number of piperidine rings is 1. The van der Waals surface area contributed by atoms with Gasteiger partial charge in [-0.15, -0.1) is 0 Å². The van der Waals surface area contributed by atoms with Gasteiger partial charge in [-0.25, -0.2) is 0 Å². The first kappa shape index (κ1) is 18.5. The Morgan fingerprint density at radius 3 is 2.62 bits per heavy atom. The lowest BCUT2D eigenvalue weighted by Gasteiger charge is -2.36. The van der Waals surface area contributed by atoms with Gasteiger partial charge >= 0.3 is 5.97 Å². The first-order chi connectivity index (χ1) is 11.5. The topological polar surface area (TPSA) is 75.4 Å². The summed E-state index contributed by atoms with van der Waals surface area (Å²) >= 11 is 0. The number of aromatic nitrogens is 2. The normalized spacial score (nSPS) is 18.0. The molecule has 0 bridgehead atoms. The molecule has 1 aromatic rings. The molecule has 0 aliphatic carbocycles. The molecule has 0 saturated carbocycles. The minimum Gasteiger partial charge on any atom is -0.481 e. The van der Waals surface area contributed by atoms with E-state index in [4.69, 9.17) is 5.11 Å². The van der Waals surface area contributed by atoms with E-state index in [0.717, 1.165) is 55.6 Å². The lowest BCUT2D eigenvalue weighted by atomic mass is 9.96. The van der Waals surface area contributed by atoms with Crippen LogP contribution in [0.2, 0.25) is 0 Å². The molecule has 1 aromatic heterocycles. The number of hydrogen-bond acceptors (Lipinski definition) is 3. The van der Waals surface area contributed by atoms with Crippen LogP contribution in [0.4, 0.5) is 0 Å². The van der Waals surface area contributed by atoms with Gasteiger partial charge < -0.3 is 10.0 Å². The smallest absolute Gasteiger partial charge is 0.303 e. The van der Waals surface area contributed by atoms with Gasteiger partial charge in [0.05, 0.1) is 12.1 Å². The molecule has 2 heterocycles. The highest BCUT2D eigenvalue weighted by atomic mass is 16.4. The predicted molar refractivity (Wildman–Crippen MR) is 91.9 cm³/mol. The molecule has 1 fully saturated rings. The Balaban J connectivity index is 2.13. The second kappa shape index (κ2) is 8.31. The van der Waals surface area contributed by atoms with Crippen LogP contribution in [-0.4, -0.2) is 44.3 Å². The maximum Gasteiger partial charge on any atom is 0.303 e. The lowest BCUT2D eigenvalue weighted by Crippen LogP contribution is -2.44. The number of likely N-dealkylation sites (tertiary alicyclic amines) is 1. The molecule has 24 heavy (non-hydrogen) atoms. The number of carboxylic acids is 1. The van der Waals surface area contributed by atoms with Crippen LogP contribution >= 0.6 is 0 Å². The van der Waals surface area contributed by atoms with E-state index in [1.165, 1.54) is 0 Å². The van der Waals surface area contributed by atoms with Crippen molar-refractivity contribution in [2.75, 3.05) is 6.54 Å². The maximum atomic E-state index is 12.9. The monoisotopic (exact) mass is 335 g/mol. The molecule has 1 aliphatic heterocycles. The van der Waals surface area contributed by atoms with Crippen LogP contribution < -0.4 is 0 Å². The van der Waals surface area contributed by atoms with E-state index >= 15 is 0 Å². The highest BCUT2D eigenvalue weighted by Crippen LogP contribution is 2.24. The van der Waals surface area contributed by atoms with Gasteiger partial charge in [0.15, 0.2) is 0 Å². The van der Waals surface area contributed by atoms with Gasteiger partial charge in [-0.05, 0) is 38.5 Å². The van der Waals surface area contributed by atoms with Crippen LogP contribution in [0.15, 0.2) is 0 Å². The Hall–Kier alpha value is -1.85. The van der Waals surface area contributed by atoms with Crippen molar-refractivity contribution in [2.24, 2.45) is 7.05 Å². The zero-order valence-corrected chi connectivity index (χ0v) is 15.0. The maximum absolute atomic E-state index is 12.9. The van der Waals surface area contributed by atoms with Crippen molar-refractivity contribution < 1.29 is 14.7 Å². The van der Waals surface area contributed by atoms with Gasteiger partial charge in [-0.1, -0.05) is 13.8 Å². The zero-order valence-electron chi connectivity index (χ0n) is 15.0. The summed E-state index contributed by atoms with van der Waals surface area (Å²) in [7, 11) is 1.93.